The Balaban J connectivity index is 1.68. The van der Waals surface area contributed by atoms with Gasteiger partial charge in [0.15, 0.2) is 11.6 Å². The molecule has 2 N–H and O–H groups in total. The summed E-state index contributed by atoms with van der Waals surface area (Å²) in [4.78, 5) is 26.4. The Morgan fingerprint density at radius 3 is 2.48 bits per heavy atom. The number of carbonyl (C=O) groups is 2. The highest BCUT2D eigenvalue weighted by atomic mass is 32.1. The quantitative estimate of drug-likeness (QED) is 0.494. The molecule has 0 fully saturated rings. The second kappa shape index (κ2) is 8.27. The molecule has 4 rings (SSSR count). The zero-order chi connectivity index (χ0) is 22.1. The van der Waals surface area contributed by atoms with E-state index in [2.05, 4.69) is 15.7 Å². The summed E-state index contributed by atoms with van der Waals surface area (Å²) in [6.07, 6.45) is 0. The van der Waals surface area contributed by atoms with Crippen LogP contribution in [0.5, 0.6) is 0 Å². The molecule has 0 aliphatic heterocycles. The smallest absolute Gasteiger partial charge is 0.262 e. The monoisotopic (exact) mass is 440 g/mol. The first-order valence-electron chi connectivity index (χ1n) is 9.41. The van der Waals surface area contributed by atoms with Crippen LogP contribution in [0.1, 0.15) is 27.0 Å². The Morgan fingerprint density at radius 2 is 1.81 bits per heavy atom. The van der Waals surface area contributed by atoms with Crippen LogP contribution in [-0.2, 0) is 4.79 Å². The molecular weight excluding hydrogens is 422 g/mol. The number of hydrogen-bond donors (Lipinski definition) is 2. The summed E-state index contributed by atoms with van der Waals surface area (Å²) in [7, 11) is 1.40. The Hall–Kier alpha value is -3.59. The molecule has 158 valence electrons. The van der Waals surface area contributed by atoms with Crippen molar-refractivity contribution >= 4 is 33.4 Å². The van der Waals surface area contributed by atoms with Crippen LogP contribution in [0.3, 0.4) is 0 Å². The molecule has 0 aliphatic rings. The van der Waals surface area contributed by atoms with Gasteiger partial charge in [-0.25, -0.2) is 13.5 Å². The van der Waals surface area contributed by atoms with E-state index in [1.807, 2.05) is 37.3 Å². The van der Waals surface area contributed by atoms with Crippen LogP contribution in [0.25, 0.3) is 15.9 Å². The van der Waals surface area contributed by atoms with E-state index in [0.29, 0.717) is 4.88 Å². The second-order valence-electron chi connectivity index (χ2n) is 6.86. The number of fused-ring (bicyclic) bond motifs is 1. The normalized spacial score (nSPS) is 12.0. The van der Waals surface area contributed by atoms with Gasteiger partial charge in [0.2, 0.25) is 5.91 Å². The fourth-order valence-electron chi connectivity index (χ4n) is 3.24. The number of nitrogens with zero attached hydrogens (tertiary/aromatic N) is 2. The Kier molecular flexibility index (Phi) is 5.51. The number of aryl methyl sites for hydroxylation is 1. The molecule has 6 nitrogen and oxygen atoms in total. The van der Waals surface area contributed by atoms with E-state index in [4.69, 9.17) is 0 Å². The lowest BCUT2D eigenvalue weighted by molar-refractivity contribution is -0.122. The number of likely N-dealkylation sites (N-methyl/N-ethyl adjacent to an activating group) is 1. The summed E-state index contributed by atoms with van der Waals surface area (Å²) in [6, 6.07) is 13.1. The van der Waals surface area contributed by atoms with Crippen molar-refractivity contribution in [2.24, 2.45) is 0 Å². The molecular formula is C22H18F2N4O2S. The second-order valence-corrected chi connectivity index (χ2v) is 7.89. The van der Waals surface area contributed by atoms with Gasteiger partial charge in [0.05, 0.1) is 16.3 Å². The number of rotatable bonds is 5. The lowest BCUT2D eigenvalue weighted by Gasteiger charge is -2.17. The Morgan fingerprint density at radius 1 is 1.06 bits per heavy atom. The first-order chi connectivity index (χ1) is 14.9. The molecule has 0 bridgehead atoms. The van der Waals surface area contributed by atoms with Gasteiger partial charge in [-0.05, 0) is 42.8 Å². The number of benzene rings is 2. The standard InChI is InChI=1S/C22H18F2N4O2S/c1-12-15-11-18(31-22(15)28(27-12)14-6-4-3-5-7-14)20(29)26-19(21(30)25-2)13-8-9-16(23)17(24)10-13/h3-11,19H,1-2H3,(H,25,30)(H,26,29). The van der Waals surface area contributed by atoms with E-state index in [0.717, 1.165) is 33.7 Å². The van der Waals surface area contributed by atoms with Crippen LogP contribution in [0.15, 0.2) is 54.6 Å². The average molecular weight is 440 g/mol. The predicted molar refractivity (Wildman–Crippen MR) is 114 cm³/mol. The number of para-hydroxylation sites is 1. The molecule has 0 spiro atoms. The molecule has 0 radical (unpaired) electrons. The molecule has 2 amide bonds. The highest BCUT2D eigenvalue weighted by Gasteiger charge is 2.25. The molecule has 0 saturated heterocycles. The Labute approximate surface area is 180 Å². The minimum atomic E-state index is -1.18. The minimum absolute atomic E-state index is 0.138. The van der Waals surface area contributed by atoms with Gasteiger partial charge >= 0.3 is 0 Å². The van der Waals surface area contributed by atoms with E-state index < -0.39 is 29.5 Å². The van der Waals surface area contributed by atoms with Gasteiger partial charge in [-0.2, -0.15) is 5.10 Å². The van der Waals surface area contributed by atoms with Crippen LogP contribution in [0.4, 0.5) is 8.78 Å². The molecule has 2 heterocycles. The zero-order valence-corrected chi connectivity index (χ0v) is 17.5. The van der Waals surface area contributed by atoms with E-state index in [-0.39, 0.29) is 5.56 Å². The number of amides is 2. The molecule has 1 unspecified atom stereocenters. The maximum Gasteiger partial charge on any atom is 0.262 e. The summed E-state index contributed by atoms with van der Waals surface area (Å²) in [5.41, 5.74) is 1.76. The van der Waals surface area contributed by atoms with Crippen LogP contribution >= 0.6 is 11.3 Å². The van der Waals surface area contributed by atoms with Gasteiger partial charge < -0.3 is 10.6 Å². The van der Waals surface area contributed by atoms with Crippen molar-refractivity contribution < 1.29 is 18.4 Å². The summed E-state index contributed by atoms with van der Waals surface area (Å²) >= 11 is 1.23. The van der Waals surface area contributed by atoms with Crippen LogP contribution in [0, 0.1) is 18.6 Å². The van der Waals surface area contributed by atoms with E-state index in [1.54, 1.807) is 10.7 Å². The number of nitrogens with one attached hydrogen (secondary N) is 2. The first-order valence-corrected chi connectivity index (χ1v) is 10.2. The highest BCUT2D eigenvalue weighted by Crippen LogP contribution is 2.31. The zero-order valence-electron chi connectivity index (χ0n) is 16.6. The molecule has 1 atom stereocenters. The molecule has 0 saturated carbocycles. The van der Waals surface area contributed by atoms with Crippen molar-refractivity contribution in [2.75, 3.05) is 7.05 Å². The lowest BCUT2D eigenvalue weighted by atomic mass is 10.1. The minimum Gasteiger partial charge on any atom is -0.357 e. The van der Waals surface area contributed by atoms with Crippen LogP contribution in [0.2, 0.25) is 0 Å². The Bertz CT molecular complexity index is 1280. The van der Waals surface area contributed by atoms with Crippen molar-refractivity contribution in [3.05, 3.63) is 82.4 Å². The molecule has 9 heteroatoms. The van der Waals surface area contributed by atoms with E-state index >= 15 is 0 Å². The van der Waals surface area contributed by atoms with Crippen molar-refractivity contribution in [2.45, 2.75) is 13.0 Å². The van der Waals surface area contributed by atoms with E-state index in [9.17, 15) is 18.4 Å². The fraction of sp³-hybridized carbons (Fsp3) is 0.136. The maximum absolute atomic E-state index is 13.7. The maximum atomic E-state index is 13.7. The predicted octanol–water partition coefficient (Wildman–Crippen LogP) is 3.89. The third-order valence-corrected chi connectivity index (χ3v) is 5.94. The van der Waals surface area contributed by atoms with Gasteiger partial charge in [0.1, 0.15) is 10.9 Å². The molecule has 0 aliphatic carbocycles. The molecule has 2 aromatic heterocycles. The number of carbonyl (C=O) groups excluding carboxylic acids is 2. The van der Waals surface area contributed by atoms with Crippen molar-refractivity contribution in [3.63, 3.8) is 0 Å². The number of thiophene rings is 1. The average Bonchev–Trinajstić information content (AvgIpc) is 3.35. The van der Waals surface area contributed by atoms with Crippen molar-refractivity contribution in [1.29, 1.82) is 0 Å². The van der Waals surface area contributed by atoms with Crippen LogP contribution < -0.4 is 10.6 Å². The lowest BCUT2D eigenvalue weighted by Crippen LogP contribution is -2.38. The summed E-state index contributed by atoms with van der Waals surface area (Å²) in [5, 5.41) is 10.4. The first kappa shape index (κ1) is 20.7. The van der Waals surface area contributed by atoms with Crippen LogP contribution in [-0.4, -0.2) is 28.6 Å². The SMILES string of the molecule is CNC(=O)C(NC(=O)c1cc2c(C)nn(-c3ccccc3)c2s1)c1ccc(F)c(F)c1. The van der Waals surface area contributed by atoms with Gasteiger partial charge in [-0.3, -0.25) is 9.59 Å². The molecule has 2 aromatic carbocycles. The number of halogens is 2. The van der Waals surface area contributed by atoms with Gasteiger partial charge in [0, 0.05) is 12.4 Å². The largest absolute Gasteiger partial charge is 0.357 e. The topological polar surface area (TPSA) is 76.0 Å². The summed E-state index contributed by atoms with van der Waals surface area (Å²) in [6.45, 7) is 1.85. The highest BCUT2D eigenvalue weighted by molar-refractivity contribution is 7.20. The van der Waals surface area contributed by atoms with Gasteiger partial charge in [0.25, 0.3) is 5.91 Å². The third-order valence-electron chi connectivity index (χ3n) is 4.83. The van der Waals surface area contributed by atoms with Crippen molar-refractivity contribution in [3.8, 4) is 5.69 Å². The third kappa shape index (κ3) is 3.91. The van der Waals surface area contributed by atoms with Gasteiger partial charge in [-0.1, -0.05) is 24.3 Å². The number of aromatic nitrogens is 2. The van der Waals surface area contributed by atoms with Gasteiger partial charge in [-0.15, -0.1) is 11.3 Å². The molecule has 4 aromatic rings. The number of hydrogen-bond acceptors (Lipinski definition) is 4. The molecule has 31 heavy (non-hydrogen) atoms. The summed E-state index contributed by atoms with van der Waals surface area (Å²) < 4.78 is 28.8. The van der Waals surface area contributed by atoms with E-state index in [1.165, 1.54) is 24.5 Å². The summed E-state index contributed by atoms with van der Waals surface area (Å²) in [5.74, 6) is -3.18. The fourth-order valence-corrected chi connectivity index (χ4v) is 4.33. The van der Waals surface area contributed by atoms with Crippen molar-refractivity contribution in [1.82, 2.24) is 20.4 Å².